The van der Waals surface area contributed by atoms with Crippen molar-refractivity contribution in [2.45, 2.75) is 58.3 Å². The van der Waals surface area contributed by atoms with Crippen LogP contribution in [0.15, 0.2) is 0 Å². The fourth-order valence-electron chi connectivity index (χ4n) is 4.62. The van der Waals surface area contributed by atoms with E-state index in [1.54, 1.807) is 19.3 Å². The monoisotopic (exact) mass is 270 g/mol. The lowest BCUT2D eigenvalue weighted by atomic mass is 9.70. The van der Waals surface area contributed by atoms with Crippen molar-refractivity contribution in [2.75, 3.05) is 5.33 Å². The van der Waals surface area contributed by atoms with E-state index >= 15 is 0 Å². The fourth-order valence-corrected chi connectivity index (χ4v) is 5.27. The van der Waals surface area contributed by atoms with Crippen LogP contribution in [0, 0.1) is 22.7 Å². The third-order valence-corrected chi connectivity index (χ3v) is 6.54. The molecule has 0 radical (unpaired) electrons. The number of fused-ring (bicyclic) bond motifs is 1. The molecule has 0 aromatic rings. The molecule has 0 N–H and O–H groups in total. The Hall–Kier alpha value is 0.480. The third-order valence-electron chi connectivity index (χ3n) is 5.36. The zero-order valence-corrected chi connectivity index (χ0v) is 11.5. The van der Waals surface area contributed by atoms with E-state index in [1.807, 2.05) is 0 Å². The largest absolute Gasteiger partial charge is 0.0922 e. The van der Waals surface area contributed by atoms with Crippen molar-refractivity contribution in [3.8, 4) is 0 Å². The van der Waals surface area contributed by atoms with Crippen LogP contribution < -0.4 is 0 Å². The molecule has 3 aliphatic rings. The highest BCUT2D eigenvalue weighted by molar-refractivity contribution is 9.09. The molecule has 3 fully saturated rings. The smallest absolute Gasteiger partial charge is 0.00883 e. The summed E-state index contributed by atoms with van der Waals surface area (Å²) in [5.74, 6) is 2.26. The van der Waals surface area contributed by atoms with E-state index in [9.17, 15) is 0 Å². The zero-order valence-electron chi connectivity index (χ0n) is 9.90. The Bertz CT molecular complexity index is 242. The Morgan fingerprint density at radius 3 is 2.27 bits per heavy atom. The Kier molecular flexibility index (Phi) is 2.47. The third kappa shape index (κ3) is 1.90. The number of rotatable bonds is 3. The summed E-state index contributed by atoms with van der Waals surface area (Å²) >= 11 is 3.81. The molecule has 0 nitrogen and oxygen atoms in total. The Morgan fingerprint density at radius 1 is 1.13 bits per heavy atom. The van der Waals surface area contributed by atoms with Gasteiger partial charge in [0, 0.05) is 5.33 Å². The minimum absolute atomic E-state index is 0.699. The summed E-state index contributed by atoms with van der Waals surface area (Å²) in [6.45, 7) is 2.55. The highest BCUT2D eigenvalue weighted by Gasteiger charge is 2.54. The molecule has 0 aromatic carbocycles. The molecule has 2 atom stereocenters. The van der Waals surface area contributed by atoms with E-state index in [0.29, 0.717) is 10.8 Å². The molecule has 0 bridgehead atoms. The highest BCUT2D eigenvalue weighted by Crippen LogP contribution is 2.64. The molecular formula is C14H23Br. The first kappa shape index (κ1) is 10.6. The van der Waals surface area contributed by atoms with Gasteiger partial charge in [-0.05, 0) is 61.2 Å². The van der Waals surface area contributed by atoms with Crippen LogP contribution in [0.1, 0.15) is 58.3 Å². The van der Waals surface area contributed by atoms with Gasteiger partial charge in [-0.1, -0.05) is 35.7 Å². The van der Waals surface area contributed by atoms with E-state index in [4.69, 9.17) is 0 Å². The molecule has 3 rings (SSSR count). The fraction of sp³-hybridized carbons (Fsp3) is 1.00. The van der Waals surface area contributed by atoms with E-state index in [-0.39, 0.29) is 0 Å². The van der Waals surface area contributed by atoms with Crippen LogP contribution in [0.25, 0.3) is 0 Å². The van der Waals surface area contributed by atoms with Crippen molar-refractivity contribution in [2.24, 2.45) is 22.7 Å². The average molecular weight is 271 g/mol. The van der Waals surface area contributed by atoms with Gasteiger partial charge in [0.25, 0.3) is 0 Å². The number of hydrogen-bond donors (Lipinski definition) is 0. The van der Waals surface area contributed by atoms with Crippen LogP contribution in [-0.2, 0) is 0 Å². The van der Waals surface area contributed by atoms with Crippen molar-refractivity contribution in [1.82, 2.24) is 0 Å². The summed E-state index contributed by atoms with van der Waals surface area (Å²) in [5, 5.41) is 1.27. The maximum absolute atomic E-state index is 3.81. The lowest BCUT2D eigenvalue weighted by molar-refractivity contribution is 0.160. The number of halogens is 1. The summed E-state index contributed by atoms with van der Waals surface area (Å²) in [6, 6.07) is 0. The molecule has 1 heteroatoms. The van der Waals surface area contributed by atoms with Crippen LogP contribution in [0.3, 0.4) is 0 Å². The molecule has 3 saturated carbocycles. The molecule has 0 aliphatic heterocycles. The molecular weight excluding hydrogens is 248 g/mol. The first-order chi connectivity index (χ1) is 7.15. The maximum atomic E-state index is 3.81. The minimum Gasteiger partial charge on any atom is -0.0922 e. The van der Waals surface area contributed by atoms with Gasteiger partial charge in [0.15, 0.2) is 0 Å². The van der Waals surface area contributed by atoms with Gasteiger partial charge in [-0.3, -0.25) is 0 Å². The van der Waals surface area contributed by atoms with Gasteiger partial charge in [0.2, 0.25) is 0 Å². The van der Waals surface area contributed by atoms with Crippen LogP contribution in [-0.4, -0.2) is 5.33 Å². The molecule has 15 heavy (non-hydrogen) atoms. The van der Waals surface area contributed by atoms with E-state index < -0.39 is 0 Å². The van der Waals surface area contributed by atoms with Gasteiger partial charge in [0.05, 0.1) is 0 Å². The zero-order chi connectivity index (χ0) is 10.5. The second-order valence-corrected chi connectivity index (χ2v) is 7.55. The van der Waals surface area contributed by atoms with Gasteiger partial charge in [-0.2, -0.15) is 0 Å². The maximum Gasteiger partial charge on any atom is 0.00883 e. The SMILES string of the molecule is CC1(CC2(CBr)CC3CC3C2)CCCC1. The van der Waals surface area contributed by atoms with Gasteiger partial charge >= 0.3 is 0 Å². The molecule has 2 unspecified atom stereocenters. The second kappa shape index (κ2) is 3.48. The summed E-state index contributed by atoms with van der Waals surface area (Å²) < 4.78 is 0. The van der Waals surface area contributed by atoms with Gasteiger partial charge in [0.1, 0.15) is 0 Å². The van der Waals surface area contributed by atoms with Crippen molar-refractivity contribution in [3.05, 3.63) is 0 Å². The lowest BCUT2D eigenvalue weighted by Gasteiger charge is -2.37. The van der Waals surface area contributed by atoms with E-state index in [0.717, 1.165) is 11.8 Å². The molecule has 3 aliphatic carbocycles. The first-order valence-electron chi connectivity index (χ1n) is 6.71. The molecule has 86 valence electrons. The Morgan fingerprint density at radius 2 is 1.73 bits per heavy atom. The molecule has 0 aromatic heterocycles. The van der Waals surface area contributed by atoms with Crippen LogP contribution in [0.2, 0.25) is 0 Å². The molecule has 0 heterocycles. The molecule has 0 spiro atoms. The van der Waals surface area contributed by atoms with Gasteiger partial charge < -0.3 is 0 Å². The normalized spacial score (nSPS) is 46.8. The highest BCUT2D eigenvalue weighted by atomic mass is 79.9. The quantitative estimate of drug-likeness (QED) is 0.649. The lowest BCUT2D eigenvalue weighted by Crippen LogP contribution is -2.28. The van der Waals surface area contributed by atoms with Crippen molar-refractivity contribution >= 4 is 15.9 Å². The summed E-state index contributed by atoms with van der Waals surface area (Å²) in [7, 11) is 0. The average Bonchev–Trinajstić information content (AvgIpc) is 2.62. The van der Waals surface area contributed by atoms with Crippen molar-refractivity contribution < 1.29 is 0 Å². The van der Waals surface area contributed by atoms with Gasteiger partial charge in [-0.15, -0.1) is 0 Å². The minimum atomic E-state index is 0.699. The molecule has 0 amide bonds. The van der Waals surface area contributed by atoms with Gasteiger partial charge in [-0.25, -0.2) is 0 Å². The van der Waals surface area contributed by atoms with Crippen molar-refractivity contribution in [1.29, 1.82) is 0 Å². The summed E-state index contributed by atoms with van der Waals surface area (Å²) in [4.78, 5) is 0. The Balaban J connectivity index is 1.69. The van der Waals surface area contributed by atoms with E-state index in [1.165, 1.54) is 37.4 Å². The number of alkyl halides is 1. The summed E-state index contributed by atoms with van der Waals surface area (Å²) in [6.07, 6.45) is 12.1. The standard InChI is InChI=1S/C14H23Br/c1-13(4-2-3-5-13)9-14(10-15)7-11-6-12(11)8-14/h11-12H,2-10H2,1H3. The second-order valence-electron chi connectivity index (χ2n) is 6.99. The first-order valence-corrected chi connectivity index (χ1v) is 7.83. The van der Waals surface area contributed by atoms with E-state index in [2.05, 4.69) is 22.9 Å². The topological polar surface area (TPSA) is 0 Å². The molecule has 0 saturated heterocycles. The van der Waals surface area contributed by atoms with Crippen molar-refractivity contribution in [3.63, 3.8) is 0 Å². The number of hydrogen-bond acceptors (Lipinski definition) is 0. The predicted molar refractivity (Wildman–Crippen MR) is 68.3 cm³/mol. The van der Waals surface area contributed by atoms with Crippen LogP contribution in [0.4, 0.5) is 0 Å². The Labute approximate surface area is 102 Å². The van der Waals surface area contributed by atoms with Crippen LogP contribution >= 0.6 is 15.9 Å². The van der Waals surface area contributed by atoms with Crippen LogP contribution in [0.5, 0.6) is 0 Å². The summed E-state index contributed by atoms with van der Waals surface area (Å²) in [5.41, 5.74) is 1.40. The predicted octanol–water partition coefficient (Wildman–Crippen LogP) is 4.77.